The Bertz CT molecular complexity index is 862. The third-order valence-electron chi connectivity index (χ3n) is 4.00. The lowest BCUT2D eigenvalue weighted by Crippen LogP contribution is -2.31. The van der Waals surface area contributed by atoms with E-state index in [1.165, 1.54) is 11.4 Å². The number of sulfonamides is 1. The zero-order chi connectivity index (χ0) is 19.3. The number of aryl methyl sites for hydroxylation is 1. The molecule has 0 aliphatic carbocycles. The summed E-state index contributed by atoms with van der Waals surface area (Å²) in [5.74, 6) is -0.227. The first kappa shape index (κ1) is 19.9. The number of carbonyl (C=O) groups is 1. The van der Waals surface area contributed by atoms with Gasteiger partial charge >= 0.3 is 0 Å². The molecule has 26 heavy (non-hydrogen) atoms. The van der Waals surface area contributed by atoms with E-state index in [2.05, 4.69) is 5.32 Å². The van der Waals surface area contributed by atoms with Gasteiger partial charge in [-0.25, -0.2) is 8.42 Å². The SMILES string of the molecule is Cc1ccc(S(=O)(=O)N(C)c2cccc(C(=O)NCCN(C)C)c2)cc1. The van der Waals surface area contributed by atoms with Crippen molar-refractivity contribution in [3.05, 3.63) is 59.7 Å². The van der Waals surface area contributed by atoms with Crippen LogP contribution >= 0.6 is 0 Å². The van der Waals surface area contributed by atoms with Crippen molar-refractivity contribution in [1.82, 2.24) is 10.2 Å². The first-order chi connectivity index (χ1) is 12.2. The number of carbonyl (C=O) groups excluding carboxylic acids is 1. The standard InChI is InChI=1S/C19H25N3O3S/c1-15-8-10-18(11-9-15)26(24,25)22(4)17-7-5-6-16(14-17)19(23)20-12-13-21(2)3/h5-11,14H,12-13H2,1-4H3,(H,20,23). The van der Waals surface area contributed by atoms with Crippen LogP contribution in [0, 0.1) is 6.92 Å². The minimum absolute atomic E-state index is 0.214. The molecular formula is C19H25N3O3S. The molecule has 0 aliphatic rings. The van der Waals surface area contributed by atoms with Gasteiger partial charge in [0.25, 0.3) is 15.9 Å². The molecule has 0 saturated heterocycles. The summed E-state index contributed by atoms with van der Waals surface area (Å²) in [5.41, 5.74) is 1.85. The summed E-state index contributed by atoms with van der Waals surface area (Å²) < 4.78 is 26.8. The first-order valence-corrected chi connectivity index (χ1v) is 9.74. The van der Waals surface area contributed by atoms with Gasteiger partial charge in [-0.15, -0.1) is 0 Å². The van der Waals surface area contributed by atoms with Crippen molar-refractivity contribution in [2.75, 3.05) is 38.5 Å². The summed E-state index contributed by atoms with van der Waals surface area (Å²) in [6.45, 7) is 3.15. The smallest absolute Gasteiger partial charge is 0.264 e. The predicted octanol–water partition coefficient (Wildman–Crippen LogP) is 2.11. The van der Waals surface area contributed by atoms with E-state index in [0.29, 0.717) is 17.8 Å². The minimum atomic E-state index is -3.68. The van der Waals surface area contributed by atoms with E-state index in [-0.39, 0.29) is 10.8 Å². The fourth-order valence-electron chi connectivity index (χ4n) is 2.35. The van der Waals surface area contributed by atoms with Crippen LogP contribution in [0.3, 0.4) is 0 Å². The van der Waals surface area contributed by atoms with Crippen molar-refractivity contribution in [2.24, 2.45) is 0 Å². The molecule has 0 aromatic heterocycles. The number of nitrogens with one attached hydrogen (secondary N) is 1. The van der Waals surface area contributed by atoms with Crippen LogP contribution in [-0.4, -0.2) is 53.5 Å². The molecule has 7 heteroatoms. The number of amides is 1. The lowest BCUT2D eigenvalue weighted by molar-refractivity contribution is 0.0951. The van der Waals surface area contributed by atoms with Crippen LogP contribution in [0.2, 0.25) is 0 Å². The maximum absolute atomic E-state index is 12.8. The van der Waals surface area contributed by atoms with Gasteiger partial charge in [-0.2, -0.15) is 0 Å². The quantitative estimate of drug-likeness (QED) is 0.805. The van der Waals surface area contributed by atoms with Crippen LogP contribution in [0.15, 0.2) is 53.4 Å². The van der Waals surface area contributed by atoms with E-state index in [4.69, 9.17) is 0 Å². The fraction of sp³-hybridized carbons (Fsp3) is 0.316. The molecule has 2 aromatic carbocycles. The van der Waals surface area contributed by atoms with Gasteiger partial charge in [0.15, 0.2) is 0 Å². The topological polar surface area (TPSA) is 69.7 Å². The fourth-order valence-corrected chi connectivity index (χ4v) is 3.53. The summed E-state index contributed by atoms with van der Waals surface area (Å²) in [5, 5.41) is 2.82. The van der Waals surface area contributed by atoms with E-state index in [1.54, 1.807) is 48.5 Å². The second-order valence-corrected chi connectivity index (χ2v) is 8.36. The van der Waals surface area contributed by atoms with Crippen LogP contribution in [-0.2, 0) is 10.0 Å². The lowest BCUT2D eigenvalue weighted by atomic mass is 10.2. The van der Waals surface area contributed by atoms with Gasteiger partial charge in [-0.3, -0.25) is 9.10 Å². The molecule has 6 nitrogen and oxygen atoms in total. The number of rotatable bonds is 7. The molecule has 2 aromatic rings. The highest BCUT2D eigenvalue weighted by atomic mass is 32.2. The lowest BCUT2D eigenvalue weighted by Gasteiger charge is -2.20. The number of anilines is 1. The molecular weight excluding hydrogens is 350 g/mol. The Kier molecular flexibility index (Phi) is 6.39. The zero-order valence-electron chi connectivity index (χ0n) is 15.6. The zero-order valence-corrected chi connectivity index (χ0v) is 16.4. The summed E-state index contributed by atoms with van der Waals surface area (Å²) in [4.78, 5) is 14.4. The molecule has 0 unspecified atom stereocenters. The molecule has 0 fully saturated rings. The number of hydrogen-bond acceptors (Lipinski definition) is 4. The average Bonchev–Trinajstić information content (AvgIpc) is 2.61. The number of likely N-dealkylation sites (N-methyl/N-ethyl adjacent to an activating group) is 1. The third-order valence-corrected chi connectivity index (χ3v) is 5.80. The first-order valence-electron chi connectivity index (χ1n) is 8.30. The molecule has 1 N–H and O–H groups in total. The number of nitrogens with zero attached hydrogens (tertiary/aromatic N) is 2. The van der Waals surface area contributed by atoms with Gasteiger partial charge in [0, 0.05) is 25.7 Å². The van der Waals surface area contributed by atoms with E-state index in [1.807, 2.05) is 25.9 Å². The Morgan fingerprint density at radius 1 is 1.04 bits per heavy atom. The normalized spacial score (nSPS) is 11.4. The van der Waals surface area contributed by atoms with E-state index in [0.717, 1.165) is 12.1 Å². The third kappa shape index (κ3) is 4.83. The number of hydrogen-bond donors (Lipinski definition) is 1. The monoisotopic (exact) mass is 375 g/mol. The van der Waals surface area contributed by atoms with Gasteiger partial charge in [-0.1, -0.05) is 23.8 Å². The largest absolute Gasteiger partial charge is 0.351 e. The highest BCUT2D eigenvalue weighted by Crippen LogP contribution is 2.23. The average molecular weight is 375 g/mol. The molecule has 0 spiro atoms. The van der Waals surface area contributed by atoms with Gasteiger partial charge in [0.05, 0.1) is 10.6 Å². The van der Waals surface area contributed by atoms with Crippen molar-refractivity contribution in [3.8, 4) is 0 Å². The second-order valence-electron chi connectivity index (χ2n) is 6.40. The van der Waals surface area contributed by atoms with Crippen LogP contribution in [0.1, 0.15) is 15.9 Å². The molecule has 0 heterocycles. The maximum atomic E-state index is 12.8. The summed E-state index contributed by atoms with van der Waals surface area (Å²) in [6, 6.07) is 13.3. The van der Waals surface area contributed by atoms with E-state index in [9.17, 15) is 13.2 Å². The Labute approximate surface area is 155 Å². The Hall–Kier alpha value is -2.38. The highest BCUT2D eigenvalue weighted by molar-refractivity contribution is 7.92. The van der Waals surface area contributed by atoms with Gasteiger partial charge in [0.1, 0.15) is 0 Å². The molecule has 0 aliphatic heterocycles. The molecule has 0 radical (unpaired) electrons. The van der Waals surface area contributed by atoms with Crippen molar-refractivity contribution < 1.29 is 13.2 Å². The molecule has 2 rings (SSSR count). The van der Waals surface area contributed by atoms with Crippen molar-refractivity contribution in [2.45, 2.75) is 11.8 Å². The summed E-state index contributed by atoms with van der Waals surface area (Å²) in [6.07, 6.45) is 0. The molecule has 1 amide bonds. The Balaban J connectivity index is 2.20. The molecule has 0 atom stereocenters. The predicted molar refractivity (Wildman–Crippen MR) is 104 cm³/mol. The maximum Gasteiger partial charge on any atom is 0.264 e. The molecule has 0 saturated carbocycles. The Morgan fingerprint density at radius 2 is 1.69 bits per heavy atom. The molecule has 140 valence electrons. The van der Waals surface area contributed by atoms with Crippen LogP contribution < -0.4 is 9.62 Å². The van der Waals surface area contributed by atoms with Crippen LogP contribution in [0.5, 0.6) is 0 Å². The van der Waals surface area contributed by atoms with Gasteiger partial charge in [0.2, 0.25) is 0 Å². The van der Waals surface area contributed by atoms with Crippen molar-refractivity contribution >= 4 is 21.6 Å². The number of benzene rings is 2. The van der Waals surface area contributed by atoms with Gasteiger partial charge in [-0.05, 0) is 51.4 Å². The van der Waals surface area contributed by atoms with Crippen LogP contribution in [0.25, 0.3) is 0 Å². The summed E-state index contributed by atoms with van der Waals surface area (Å²) >= 11 is 0. The second kappa shape index (κ2) is 8.33. The van der Waals surface area contributed by atoms with Gasteiger partial charge < -0.3 is 10.2 Å². The minimum Gasteiger partial charge on any atom is -0.351 e. The van der Waals surface area contributed by atoms with Crippen LogP contribution in [0.4, 0.5) is 5.69 Å². The Morgan fingerprint density at radius 3 is 2.31 bits per heavy atom. The highest BCUT2D eigenvalue weighted by Gasteiger charge is 2.21. The van der Waals surface area contributed by atoms with E-state index < -0.39 is 10.0 Å². The van der Waals surface area contributed by atoms with Crippen molar-refractivity contribution in [1.29, 1.82) is 0 Å². The van der Waals surface area contributed by atoms with Crippen molar-refractivity contribution in [3.63, 3.8) is 0 Å². The van der Waals surface area contributed by atoms with E-state index >= 15 is 0 Å². The molecule has 0 bridgehead atoms. The summed E-state index contributed by atoms with van der Waals surface area (Å²) in [7, 11) is 1.66.